The van der Waals surface area contributed by atoms with Gasteiger partial charge in [0.1, 0.15) is 11.5 Å². The number of carbonyl (C=O) groups is 2. The summed E-state index contributed by atoms with van der Waals surface area (Å²) >= 11 is 0. The Morgan fingerprint density at radius 3 is 2.69 bits per heavy atom. The highest BCUT2D eigenvalue weighted by molar-refractivity contribution is 6.01. The Hall–Kier alpha value is -3.10. The Labute approximate surface area is 188 Å². The summed E-state index contributed by atoms with van der Waals surface area (Å²) in [4.78, 5) is 29.2. The van der Waals surface area contributed by atoms with Crippen LogP contribution in [0.25, 0.3) is 0 Å². The Balaban J connectivity index is 1.37. The molecule has 1 atom stereocenters. The molecule has 170 valence electrons. The topological polar surface area (TPSA) is 80.3 Å². The summed E-state index contributed by atoms with van der Waals surface area (Å²) < 4.78 is 16.8. The van der Waals surface area contributed by atoms with Crippen LogP contribution in [0, 0.1) is 0 Å². The summed E-state index contributed by atoms with van der Waals surface area (Å²) in [6.07, 6.45) is -0.318. The minimum atomic E-state index is -0.539. The normalized spacial score (nSPS) is 18.6. The molecule has 2 heterocycles. The summed E-state index contributed by atoms with van der Waals surface area (Å²) in [7, 11) is 0. The monoisotopic (exact) mass is 439 g/mol. The molecule has 0 saturated carbocycles. The lowest BCUT2D eigenvalue weighted by atomic mass is 10.1. The molecule has 1 fully saturated rings. The minimum Gasteiger partial charge on any atom is -0.493 e. The van der Waals surface area contributed by atoms with E-state index in [4.69, 9.17) is 14.2 Å². The maximum atomic E-state index is 12.8. The fraction of sp³-hybridized carbons (Fsp3) is 0.417. The predicted octanol–water partition coefficient (Wildman–Crippen LogP) is 2.54. The molecular weight excluding hydrogens is 410 g/mol. The van der Waals surface area contributed by atoms with Gasteiger partial charge in [0.15, 0.2) is 6.10 Å². The summed E-state index contributed by atoms with van der Waals surface area (Å²) in [5.74, 6) is 1.14. The van der Waals surface area contributed by atoms with Crippen molar-refractivity contribution in [2.75, 3.05) is 56.2 Å². The number of amides is 2. The molecule has 1 saturated heterocycles. The number of hydrogen-bond donors (Lipinski definition) is 1. The summed E-state index contributed by atoms with van der Waals surface area (Å²) in [6, 6.07) is 14.8. The van der Waals surface area contributed by atoms with E-state index in [0.717, 1.165) is 25.4 Å². The smallest absolute Gasteiger partial charge is 0.267 e. The lowest BCUT2D eigenvalue weighted by Gasteiger charge is -2.35. The standard InChI is InChI=1S/C24H29N3O5/c1-18-24(29)27(11-10-26-12-15-30-16-13-26)21-17-19(7-8-22(21)32-18)25-23(28)9-14-31-20-5-3-2-4-6-20/h2-8,17-18H,9-16H2,1H3,(H,25,28). The first kappa shape index (κ1) is 22.1. The largest absolute Gasteiger partial charge is 0.493 e. The summed E-state index contributed by atoms with van der Waals surface area (Å²) in [5.41, 5.74) is 1.30. The Kier molecular flexibility index (Phi) is 7.24. The number of para-hydroxylation sites is 1. The van der Waals surface area contributed by atoms with Crippen LogP contribution in [0.2, 0.25) is 0 Å². The SMILES string of the molecule is CC1Oc2ccc(NC(=O)CCOc3ccccc3)cc2N(CCN2CCOCC2)C1=O. The average Bonchev–Trinajstić information content (AvgIpc) is 2.81. The zero-order chi connectivity index (χ0) is 22.3. The van der Waals surface area contributed by atoms with Crippen molar-refractivity contribution in [1.29, 1.82) is 0 Å². The third-order valence-corrected chi connectivity index (χ3v) is 5.54. The maximum absolute atomic E-state index is 12.8. The first-order chi connectivity index (χ1) is 15.6. The van der Waals surface area contributed by atoms with Crippen LogP contribution in [0.4, 0.5) is 11.4 Å². The van der Waals surface area contributed by atoms with Crippen molar-refractivity contribution >= 4 is 23.2 Å². The van der Waals surface area contributed by atoms with E-state index < -0.39 is 6.10 Å². The molecule has 2 aliphatic heterocycles. The first-order valence-corrected chi connectivity index (χ1v) is 11.0. The number of hydrogen-bond acceptors (Lipinski definition) is 6. The number of nitrogens with zero attached hydrogens (tertiary/aromatic N) is 2. The van der Waals surface area contributed by atoms with E-state index in [2.05, 4.69) is 10.2 Å². The predicted molar refractivity (Wildman–Crippen MR) is 121 cm³/mol. The Bertz CT molecular complexity index is 930. The van der Waals surface area contributed by atoms with Gasteiger partial charge >= 0.3 is 0 Å². The highest BCUT2D eigenvalue weighted by Gasteiger charge is 2.32. The molecule has 2 aliphatic rings. The molecule has 8 nitrogen and oxygen atoms in total. The van der Waals surface area contributed by atoms with Gasteiger partial charge in [0, 0.05) is 31.9 Å². The second-order valence-electron chi connectivity index (χ2n) is 7.85. The van der Waals surface area contributed by atoms with Crippen LogP contribution < -0.4 is 19.7 Å². The third-order valence-electron chi connectivity index (χ3n) is 5.54. The number of anilines is 2. The van der Waals surface area contributed by atoms with Gasteiger partial charge < -0.3 is 24.4 Å². The lowest BCUT2D eigenvalue weighted by Crippen LogP contribution is -2.48. The van der Waals surface area contributed by atoms with Crippen molar-refractivity contribution in [3.8, 4) is 11.5 Å². The molecule has 4 rings (SSSR count). The number of rotatable bonds is 8. The van der Waals surface area contributed by atoms with Crippen LogP contribution in [0.3, 0.4) is 0 Å². The molecule has 0 bridgehead atoms. The van der Waals surface area contributed by atoms with Crippen LogP contribution in [0.15, 0.2) is 48.5 Å². The minimum absolute atomic E-state index is 0.0782. The highest BCUT2D eigenvalue weighted by Crippen LogP contribution is 2.36. The van der Waals surface area contributed by atoms with E-state index in [9.17, 15) is 9.59 Å². The van der Waals surface area contributed by atoms with Crippen molar-refractivity contribution in [2.45, 2.75) is 19.4 Å². The fourth-order valence-electron chi connectivity index (χ4n) is 3.78. The molecule has 32 heavy (non-hydrogen) atoms. The first-order valence-electron chi connectivity index (χ1n) is 11.0. The van der Waals surface area contributed by atoms with Crippen LogP contribution in [-0.4, -0.2) is 68.8 Å². The average molecular weight is 440 g/mol. The quantitative estimate of drug-likeness (QED) is 0.681. The Morgan fingerprint density at radius 1 is 1.12 bits per heavy atom. The summed E-state index contributed by atoms with van der Waals surface area (Å²) in [5, 5.41) is 2.89. The van der Waals surface area contributed by atoms with Crippen LogP contribution in [0.5, 0.6) is 11.5 Å². The van der Waals surface area contributed by atoms with Crippen molar-refractivity contribution in [2.24, 2.45) is 0 Å². The van der Waals surface area contributed by atoms with Crippen molar-refractivity contribution < 1.29 is 23.8 Å². The van der Waals surface area contributed by atoms with Gasteiger partial charge in [-0.05, 0) is 37.3 Å². The van der Waals surface area contributed by atoms with E-state index in [-0.39, 0.29) is 24.8 Å². The molecule has 0 spiro atoms. The number of benzene rings is 2. The van der Waals surface area contributed by atoms with Crippen molar-refractivity contribution in [3.63, 3.8) is 0 Å². The van der Waals surface area contributed by atoms with E-state index in [0.29, 0.717) is 36.9 Å². The van der Waals surface area contributed by atoms with Gasteiger partial charge in [-0.25, -0.2) is 0 Å². The van der Waals surface area contributed by atoms with E-state index in [1.807, 2.05) is 30.3 Å². The number of ether oxygens (including phenoxy) is 3. The molecule has 1 N–H and O–H groups in total. The van der Waals surface area contributed by atoms with E-state index in [1.165, 1.54) is 0 Å². The fourth-order valence-corrected chi connectivity index (χ4v) is 3.78. The van der Waals surface area contributed by atoms with Crippen molar-refractivity contribution in [1.82, 2.24) is 4.90 Å². The van der Waals surface area contributed by atoms with Gasteiger partial charge in [0.25, 0.3) is 5.91 Å². The van der Waals surface area contributed by atoms with Gasteiger partial charge in [0.2, 0.25) is 5.91 Å². The zero-order valence-electron chi connectivity index (χ0n) is 18.3. The molecule has 1 unspecified atom stereocenters. The van der Waals surface area contributed by atoms with Crippen LogP contribution in [0.1, 0.15) is 13.3 Å². The number of fused-ring (bicyclic) bond motifs is 1. The second-order valence-corrected chi connectivity index (χ2v) is 7.85. The zero-order valence-corrected chi connectivity index (χ0v) is 18.3. The van der Waals surface area contributed by atoms with Crippen LogP contribution in [-0.2, 0) is 14.3 Å². The van der Waals surface area contributed by atoms with Crippen molar-refractivity contribution in [3.05, 3.63) is 48.5 Å². The number of carbonyl (C=O) groups excluding carboxylic acids is 2. The molecule has 0 aromatic heterocycles. The van der Waals surface area contributed by atoms with Gasteiger partial charge in [0.05, 0.1) is 31.9 Å². The number of morpholine rings is 1. The molecular formula is C24H29N3O5. The molecule has 2 aromatic carbocycles. The van der Waals surface area contributed by atoms with Gasteiger partial charge in [-0.3, -0.25) is 14.5 Å². The lowest BCUT2D eigenvalue weighted by molar-refractivity contribution is -0.125. The molecule has 2 aromatic rings. The van der Waals surface area contributed by atoms with Crippen LogP contribution >= 0.6 is 0 Å². The maximum Gasteiger partial charge on any atom is 0.267 e. The van der Waals surface area contributed by atoms with E-state index >= 15 is 0 Å². The van der Waals surface area contributed by atoms with Gasteiger partial charge in [-0.15, -0.1) is 0 Å². The molecule has 0 aliphatic carbocycles. The Morgan fingerprint density at radius 2 is 1.91 bits per heavy atom. The third kappa shape index (κ3) is 5.57. The summed E-state index contributed by atoms with van der Waals surface area (Å²) in [6.45, 7) is 6.52. The highest BCUT2D eigenvalue weighted by atomic mass is 16.5. The van der Waals surface area contributed by atoms with Gasteiger partial charge in [-0.2, -0.15) is 0 Å². The molecule has 8 heteroatoms. The number of nitrogens with one attached hydrogen (secondary N) is 1. The molecule has 0 radical (unpaired) electrons. The van der Waals surface area contributed by atoms with E-state index in [1.54, 1.807) is 30.0 Å². The van der Waals surface area contributed by atoms with Gasteiger partial charge in [-0.1, -0.05) is 18.2 Å². The second kappa shape index (κ2) is 10.5. The molecule has 2 amide bonds.